The van der Waals surface area contributed by atoms with E-state index in [2.05, 4.69) is 16.6 Å². The summed E-state index contributed by atoms with van der Waals surface area (Å²) in [4.78, 5) is 11.6. The van der Waals surface area contributed by atoms with Crippen LogP contribution in [0.25, 0.3) is 11.7 Å². The van der Waals surface area contributed by atoms with Gasteiger partial charge in [-0.2, -0.15) is 4.68 Å². The van der Waals surface area contributed by atoms with E-state index in [-0.39, 0.29) is 6.01 Å². The highest BCUT2D eigenvalue weighted by atomic mass is 16.4. The fraction of sp³-hybridized carbons (Fsp3) is 0. The van der Waals surface area contributed by atoms with Crippen LogP contribution in [0, 0.1) is 0 Å². The molecule has 0 spiro atoms. The topological polar surface area (TPSA) is 53.0 Å². The largest absolute Gasteiger partial charge is 0.443 e. The van der Waals surface area contributed by atoms with Gasteiger partial charge >= 0.3 is 11.8 Å². The standard InChI is InChI=1S/C12H7N3O2/c16-12-15(10-6-2-1-3-7-10)13-11(17-12)14-8-4-5-9-14/h1-2,4-6,8-9H. The summed E-state index contributed by atoms with van der Waals surface area (Å²) >= 11 is 0. The van der Waals surface area contributed by atoms with E-state index in [0.717, 1.165) is 4.68 Å². The van der Waals surface area contributed by atoms with Crippen LogP contribution in [0.5, 0.6) is 0 Å². The quantitative estimate of drug-likeness (QED) is 0.725. The minimum absolute atomic E-state index is 0.220. The summed E-state index contributed by atoms with van der Waals surface area (Å²) in [5.41, 5.74) is 6.05. The molecule has 0 N–H and O–H groups in total. The smallest absolute Gasteiger partial charge is 0.372 e. The minimum atomic E-state index is -0.551. The molecule has 0 amide bonds. The van der Waals surface area contributed by atoms with Crippen molar-refractivity contribution in [2.75, 3.05) is 0 Å². The molecule has 0 fully saturated rings. The zero-order valence-corrected chi connectivity index (χ0v) is 8.70. The van der Waals surface area contributed by atoms with Crippen molar-refractivity contribution < 1.29 is 4.42 Å². The van der Waals surface area contributed by atoms with Crippen molar-refractivity contribution in [2.24, 2.45) is 0 Å². The lowest BCUT2D eigenvalue weighted by Gasteiger charge is -1.95. The van der Waals surface area contributed by atoms with Gasteiger partial charge in [0, 0.05) is 12.4 Å². The van der Waals surface area contributed by atoms with Crippen LogP contribution in [-0.4, -0.2) is 14.3 Å². The zero-order chi connectivity index (χ0) is 11.7. The fourth-order valence-electron chi connectivity index (χ4n) is 1.45. The van der Waals surface area contributed by atoms with E-state index in [1.165, 1.54) is 0 Å². The van der Waals surface area contributed by atoms with Crippen molar-refractivity contribution >= 4 is 5.70 Å². The Kier molecular flexibility index (Phi) is 2.06. The molecule has 82 valence electrons. The van der Waals surface area contributed by atoms with Gasteiger partial charge in [-0.15, -0.1) is 5.10 Å². The number of nitrogens with zero attached hydrogens (tertiary/aromatic N) is 3. The maximum atomic E-state index is 11.6. The molecule has 0 aromatic carbocycles. The average molecular weight is 225 g/mol. The third kappa shape index (κ3) is 1.62. The molecule has 5 heteroatoms. The second-order valence-corrected chi connectivity index (χ2v) is 3.33. The Morgan fingerprint density at radius 1 is 1.29 bits per heavy atom. The number of rotatable bonds is 2. The number of aromatic nitrogens is 3. The van der Waals surface area contributed by atoms with E-state index in [1.807, 2.05) is 12.1 Å². The van der Waals surface area contributed by atoms with E-state index < -0.39 is 5.76 Å². The number of hydrogen-bond acceptors (Lipinski definition) is 3. The van der Waals surface area contributed by atoms with Crippen molar-refractivity contribution in [1.82, 2.24) is 14.3 Å². The molecular weight excluding hydrogens is 218 g/mol. The molecular formula is C12H7N3O2. The predicted octanol–water partition coefficient (Wildman–Crippen LogP) is 1.35. The summed E-state index contributed by atoms with van der Waals surface area (Å²) in [6.07, 6.45) is 8.65. The number of allylic oxidation sites excluding steroid dienone is 4. The summed E-state index contributed by atoms with van der Waals surface area (Å²) in [6.45, 7) is 0. The molecule has 2 aromatic heterocycles. The molecule has 17 heavy (non-hydrogen) atoms. The summed E-state index contributed by atoms with van der Waals surface area (Å²) in [5.74, 6) is -0.551. The highest BCUT2D eigenvalue weighted by Crippen LogP contribution is 2.07. The molecule has 0 saturated heterocycles. The van der Waals surface area contributed by atoms with Crippen LogP contribution in [0.2, 0.25) is 0 Å². The summed E-state index contributed by atoms with van der Waals surface area (Å²) in [5, 5.41) is 4.07. The average Bonchev–Trinajstić information content (AvgIpc) is 2.99. The lowest BCUT2D eigenvalue weighted by atomic mass is 10.3. The lowest BCUT2D eigenvalue weighted by Crippen LogP contribution is -2.13. The number of hydrogen-bond donors (Lipinski definition) is 0. The van der Waals surface area contributed by atoms with Crippen molar-refractivity contribution in [3.8, 4) is 6.01 Å². The molecule has 0 bridgehead atoms. The van der Waals surface area contributed by atoms with Crippen LogP contribution in [-0.2, 0) is 0 Å². The van der Waals surface area contributed by atoms with Gasteiger partial charge in [0.25, 0.3) is 0 Å². The van der Waals surface area contributed by atoms with Crippen LogP contribution in [0.15, 0.2) is 63.4 Å². The van der Waals surface area contributed by atoms with Crippen LogP contribution < -0.4 is 5.76 Å². The van der Waals surface area contributed by atoms with Gasteiger partial charge in [-0.3, -0.25) is 4.57 Å². The molecule has 3 rings (SSSR count). The van der Waals surface area contributed by atoms with Crippen LogP contribution in [0.4, 0.5) is 0 Å². The Bertz CT molecular complexity index is 731. The van der Waals surface area contributed by atoms with Gasteiger partial charge in [-0.25, -0.2) is 4.79 Å². The molecule has 1 aliphatic rings. The maximum Gasteiger partial charge on any atom is 0.443 e. The third-order valence-electron chi connectivity index (χ3n) is 2.22. The molecule has 1 aliphatic carbocycles. The Hall–Kier alpha value is -2.74. The molecule has 2 heterocycles. The first-order valence-corrected chi connectivity index (χ1v) is 4.97. The van der Waals surface area contributed by atoms with Crippen LogP contribution >= 0.6 is 0 Å². The molecule has 5 nitrogen and oxygen atoms in total. The minimum Gasteiger partial charge on any atom is -0.372 e. The van der Waals surface area contributed by atoms with Crippen LogP contribution in [0.3, 0.4) is 0 Å². The Labute approximate surface area is 95.9 Å². The lowest BCUT2D eigenvalue weighted by molar-refractivity contribution is 0.485. The summed E-state index contributed by atoms with van der Waals surface area (Å²) in [6, 6.07) is 3.86. The molecule has 0 atom stereocenters. The van der Waals surface area contributed by atoms with E-state index in [0.29, 0.717) is 5.70 Å². The van der Waals surface area contributed by atoms with Gasteiger partial charge in [0.05, 0.1) is 0 Å². The normalized spacial score (nSPS) is 13.1. The highest BCUT2D eigenvalue weighted by Gasteiger charge is 2.11. The first-order chi connectivity index (χ1) is 8.34. The van der Waals surface area contributed by atoms with Gasteiger partial charge < -0.3 is 4.42 Å². The molecule has 0 aliphatic heterocycles. The molecule has 2 aromatic rings. The molecule has 0 unspecified atom stereocenters. The van der Waals surface area contributed by atoms with Crippen molar-refractivity contribution in [3.63, 3.8) is 0 Å². The van der Waals surface area contributed by atoms with E-state index >= 15 is 0 Å². The summed E-state index contributed by atoms with van der Waals surface area (Å²) in [7, 11) is 0. The predicted molar refractivity (Wildman–Crippen MR) is 60.5 cm³/mol. The van der Waals surface area contributed by atoms with Gasteiger partial charge in [0.15, 0.2) is 0 Å². The SMILES string of the molecule is O=c1oc(-n2cccc2)nn1C1=C=C=CC=C1. The van der Waals surface area contributed by atoms with Gasteiger partial charge in [-0.05, 0) is 30.0 Å². The zero-order valence-electron chi connectivity index (χ0n) is 8.70. The van der Waals surface area contributed by atoms with E-state index in [9.17, 15) is 4.79 Å². The fourth-order valence-corrected chi connectivity index (χ4v) is 1.45. The monoisotopic (exact) mass is 225 g/mol. The van der Waals surface area contributed by atoms with Gasteiger partial charge in [-0.1, -0.05) is 11.8 Å². The van der Waals surface area contributed by atoms with Crippen molar-refractivity contribution in [3.05, 3.63) is 64.8 Å². The maximum absolute atomic E-state index is 11.6. The molecule has 0 saturated carbocycles. The van der Waals surface area contributed by atoms with Gasteiger partial charge in [0.1, 0.15) is 5.70 Å². The summed E-state index contributed by atoms with van der Waals surface area (Å²) < 4.78 is 7.80. The Morgan fingerprint density at radius 3 is 2.82 bits per heavy atom. The van der Waals surface area contributed by atoms with E-state index in [4.69, 9.17) is 4.42 Å². The second-order valence-electron chi connectivity index (χ2n) is 3.33. The molecule has 0 radical (unpaired) electrons. The third-order valence-corrected chi connectivity index (χ3v) is 2.22. The van der Waals surface area contributed by atoms with Crippen molar-refractivity contribution in [1.29, 1.82) is 0 Å². The Morgan fingerprint density at radius 2 is 2.12 bits per heavy atom. The highest BCUT2D eigenvalue weighted by molar-refractivity contribution is 5.57. The Balaban J connectivity index is 2.15. The van der Waals surface area contributed by atoms with Crippen LogP contribution in [0.1, 0.15) is 0 Å². The first-order valence-electron chi connectivity index (χ1n) is 4.97. The van der Waals surface area contributed by atoms with E-state index in [1.54, 1.807) is 35.2 Å². The van der Waals surface area contributed by atoms with Crippen molar-refractivity contribution in [2.45, 2.75) is 0 Å². The second kappa shape index (κ2) is 3.68. The van der Waals surface area contributed by atoms with Gasteiger partial charge in [0.2, 0.25) is 0 Å². The first kappa shape index (κ1) is 9.48.